The normalized spacial score (nSPS) is 11.3. The largest absolute Gasteiger partial charge is 0.278 e. The standard InChI is InChI=1S/C12H10BrFN2O2S/c13-7-9-1-4-11(5-2-9)19(17,18)16-10-3-6-12(14)15-8-10/h1-6,8,16H,7H2. The van der Waals surface area contributed by atoms with Crippen LogP contribution < -0.4 is 4.72 Å². The van der Waals surface area contributed by atoms with Gasteiger partial charge in [-0.05, 0) is 29.8 Å². The van der Waals surface area contributed by atoms with Crippen molar-refractivity contribution in [1.82, 2.24) is 4.98 Å². The second kappa shape index (κ2) is 5.66. The molecular weight excluding hydrogens is 335 g/mol. The minimum absolute atomic E-state index is 0.140. The first-order valence-corrected chi connectivity index (χ1v) is 7.91. The van der Waals surface area contributed by atoms with Crippen molar-refractivity contribution < 1.29 is 12.8 Å². The Morgan fingerprint density at radius 3 is 2.37 bits per heavy atom. The van der Waals surface area contributed by atoms with E-state index in [1.807, 2.05) is 0 Å². The highest BCUT2D eigenvalue weighted by atomic mass is 79.9. The van der Waals surface area contributed by atoms with Crippen molar-refractivity contribution in [2.24, 2.45) is 0 Å². The maximum absolute atomic E-state index is 12.6. The fourth-order valence-electron chi connectivity index (χ4n) is 1.41. The first kappa shape index (κ1) is 14.0. The van der Waals surface area contributed by atoms with Crippen molar-refractivity contribution in [3.05, 3.63) is 54.1 Å². The van der Waals surface area contributed by atoms with Crippen molar-refractivity contribution in [2.75, 3.05) is 4.72 Å². The highest BCUT2D eigenvalue weighted by Gasteiger charge is 2.14. The van der Waals surface area contributed by atoms with E-state index in [4.69, 9.17) is 0 Å². The molecule has 1 aromatic carbocycles. The molecule has 0 aliphatic carbocycles. The lowest BCUT2D eigenvalue weighted by Gasteiger charge is -2.08. The molecule has 0 fully saturated rings. The second-order valence-electron chi connectivity index (χ2n) is 3.75. The minimum Gasteiger partial charge on any atom is -0.278 e. The molecule has 2 rings (SSSR count). The van der Waals surface area contributed by atoms with E-state index < -0.39 is 16.0 Å². The number of halogens is 2. The smallest absolute Gasteiger partial charge is 0.261 e. The molecule has 0 bridgehead atoms. The monoisotopic (exact) mass is 344 g/mol. The first-order chi connectivity index (χ1) is 9.01. The van der Waals surface area contributed by atoms with Gasteiger partial charge in [-0.2, -0.15) is 4.39 Å². The SMILES string of the molecule is O=S(=O)(Nc1ccc(F)nc1)c1ccc(CBr)cc1. The number of pyridine rings is 1. The highest BCUT2D eigenvalue weighted by Crippen LogP contribution is 2.16. The number of anilines is 1. The molecule has 0 atom stereocenters. The minimum atomic E-state index is -3.68. The van der Waals surface area contributed by atoms with E-state index in [1.54, 1.807) is 12.1 Å². The number of aromatic nitrogens is 1. The molecule has 0 saturated carbocycles. The van der Waals surface area contributed by atoms with Gasteiger partial charge in [0, 0.05) is 5.33 Å². The van der Waals surface area contributed by atoms with Crippen LogP contribution in [0.15, 0.2) is 47.5 Å². The highest BCUT2D eigenvalue weighted by molar-refractivity contribution is 9.08. The molecule has 1 heterocycles. The summed E-state index contributed by atoms with van der Waals surface area (Å²) >= 11 is 3.28. The molecule has 1 aromatic heterocycles. The zero-order valence-electron chi connectivity index (χ0n) is 9.68. The number of alkyl halides is 1. The van der Waals surface area contributed by atoms with Gasteiger partial charge in [-0.15, -0.1) is 0 Å². The van der Waals surface area contributed by atoms with Crippen LogP contribution in [-0.2, 0) is 15.4 Å². The van der Waals surface area contributed by atoms with Crippen LogP contribution in [0.1, 0.15) is 5.56 Å². The van der Waals surface area contributed by atoms with Crippen molar-refractivity contribution in [3.63, 3.8) is 0 Å². The van der Waals surface area contributed by atoms with Crippen molar-refractivity contribution >= 4 is 31.6 Å². The van der Waals surface area contributed by atoms with E-state index in [2.05, 4.69) is 25.6 Å². The van der Waals surface area contributed by atoms with E-state index >= 15 is 0 Å². The maximum atomic E-state index is 12.6. The Morgan fingerprint density at radius 1 is 1.16 bits per heavy atom. The van der Waals surface area contributed by atoms with Gasteiger partial charge in [0.2, 0.25) is 5.95 Å². The van der Waals surface area contributed by atoms with Crippen LogP contribution in [0.2, 0.25) is 0 Å². The van der Waals surface area contributed by atoms with Gasteiger partial charge in [-0.1, -0.05) is 28.1 Å². The van der Waals surface area contributed by atoms with Crippen LogP contribution in [0.3, 0.4) is 0 Å². The molecule has 2 aromatic rings. The van der Waals surface area contributed by atoms with Crippen molar-refractivity contribution in [3.8, 4) is 0 Å². The van der Waals surface area contributed by atoms with Crippen molar-refractivity contribution in [2.45, 2.75) is 10.2 Å². The van der Waals surface area contributed by atoms with Gasteiger partial charge in [0.05, 0.1) is 16.8 Å². The van der Waals surface area contributed by atoms with E-state index in [9.17, 15) is 12.8 Å². The average Bonchev–Trinajstić information content (AvgIpc) is 2.41. The quantitative estimate of drug-likeness (QED) is 0.685. The Kier molecular flexibility index (Phi) is 4.16. The zero-order valence-corrected chi connectivity index (χ0v) is 12.1. The summed E-state index contributed by atoms with van der Waals surface area (Å²) in [5.41, 5.74) is 1.19. The second-order valence-corrected chi connectivity index (χ2v) is 6.00. The average molecular weight is 345 g/mol. The maximum Gasteiger partial charge on any atom is 0.261 e. The lowest BCUT2D eigenvalue weighted by atomic mass is 10.2. The summed E-state index contributed by atoms with van der Waals surface area (Å²) in [5, 5.41) is 0.655. The fraction of sp³-hybridized carbons (Fsp3) is 0.0833. The molecule has 7 heteroatoms. The van der Waals surface area contributed by atoms with Crippen LogP contribution in [0.4, 0.5) is 10.1 Å². The van der Waals surface area contributed by atoms with Gasteiger partial charge in [0.1, 0.15) is 0 Å². The predicted octanol–water partition coefficient (Wildman–Crippen LogP) is 2.92. The van der Waals surface area contributed by atoms with Gasteiger partial charge in [0.15, 0.2) is 0 Å². The van der Waals surface area contributed by atoms with Gasteiger partial charge >= 0.3 is 0 Å². The number of sulfonamides is 1. The Bertz CT molecular complexity index is 657. The first-order valence-electron chi connectivity index (χ1n) is 5.30. The Balaban J connectivity index is 2.24. The van der Waals surface area contributed by atoms with Crippen LogP contribution >= 0.6 is 15.9 Å². The van der Waals surface area contributed by atoms with Crippen LogP contribution in [0.25, 0.3) is 0 Å². The molecule has 0 unspecified atom stereocenters. The summed E-state index contributed by atoms with van der Waals surface area (Å²) in [6, 6.07) is 8.85. The molecule has 0 spiro atoms. The van der Waals surface area contributed by atoms with Crippen molar-refractivity contribution in [1.29, 1.82) is 0 Å². The number of hydrogen-bond donors (Lipinski definition) is 1. The number of hydrogen-bond acceptors (Lipinski definition) is 3. The summed E-state index contributed by atoms with van der Waals surface area (Å²) < 4.78 is 39.0. The lowest BCUT2D eigenvalue weighted by Crippen LogP contribution is -2.13. The third-order valence-corrected chi connectivity index (χ3v) is 4.41. The van der Waals surface area contributed by atoms with Crippen LogP contribution in [-0.4, -0.2) is 13.4 Å². The van der Waals surface area contributed by atoms with Crippen LogP contribution in [0.5, 0.6) is 0 Å². The molecule has 0 radical (unpaired) electrons. The van der Waals surface area contributed by atoms with E-state index in [0.29, 0.717) is 5.33 Å². The Hall–Kier alpha value is -1.47. The number of nitrogens with zero attached hydrogens (tertiary/aromatic N) is 1. The third-order valence-electron chi connectivity index (χ3n) is 2.37. The van der Waals surface area contributed by atoms with E-state index in [0.717, 1.165) is 17.8 Å². The summed E-state index contributed by atoms with van der Waals surface area (Å²) in [6.07, 6.45) is 1.12. The summed E-state index contributed by atoms with van der Waals surface area (Å²) in [6.45, 7) is 0. The van der Waals surface area contributed by atoms with Gasteiger partial charge in [-0.25, -0.2) is 13.4 Å². The van der Waals surface area contributed by atoms with Crippen LogP contribution in [0, 0.1) is 5.95 Å². The third kappa shape index (κ3) is 3.51. The number of nitrogens with one attached hydrogen (secondary N) is 1. The fourth-order valence-corrected chi connectivity index (χ4v) is 2.83. The molecule has 0 aliphatic heterocycles. The molecule has 100 valence electrons. The molecule has 0 amide bonds. The zero-order chi connectivity index (χ0) is 13.9. The van der Waals surface area contributed by atoms with E-state index in [-0.39, 0.29) is 10.6 Å². The predicted molar refractivity (Wildman–Crippen MR) is 74.1 cm³/mol. The molecule has 0 saturated heterocycles. The number of benzene rings is 1. The summed E-state index contributed by atoms with van der Waals surface area (Å²) in [7, 11) is -3.68. The summed E-state index contributed by atoms with van der Waals surface area (Å²) in [4.78, 5) is 3.52. The molecule has 19 heavy (non-hydrogen) atoms. The number of rotatable bonds is 4. The Labute approximate surface area is 118 Å². The molecule has 0 aliphatic rings. The summed E-state index contributed by atoms with van der Waals surface area (Å²) in [5.74, 6) is -0.662. The van der Waals surface area contributed by atoms with Gasteiger partial charge < -0.3 is 0 Å². The molecule has 1 N–H and O–H groups in total. The van der Waals surface area contributed by atoms with Gasteiger partial charge in [-0.3, -0.25) is 4.72 Å². The van der Waals surface area contributed by atoms with Gasteiger partial charge in [0.25, 0.3) is 10.0 Å². The lowest BCUT2D eigenvalue weighted by molar-refractivity contribution is 0.583. The van der Waals surface area contributed by atoms with E-state index in [1.165, 1.54) is 18.2 Å². The molecular formula is C12H10BrFN2O2S. The Morgan fingerprint density at radius 2 is 1.84 bits per heavy atom. The molecule has 4 nitrogen and oxygen atoms in total. The topological polar surface area (TPSA) is 59.1 Å².